The van der Waals surface area contributed by atoms with Gasteiger partial charge in [0.15, 0.2) is 0 Å². The third kappa shape index (κ3) is 1.84. The maximum Gasteiger partial charge on any atom is 0.336 e. The summed E-state index contributed by atoms with van der Waals surface area (Å²) in [5, 5.41) is 17.4. The first-order chi connectivity index (χ1) is 6.92. The standard InChI is InChI=1S/C10H11NO4/c1-6-7(8(12)13)10(2,4-3-5-11)15-9(6)14/h3-4H2,1-2H3,(H,12,13). The Hall–Kier alpha value is -1.83. The molecule has 0 aromatic heterocycles. The maximum atomic E-state index is 11.2. The number of carboxylic acids is 1. The number of hydrogen-bond donors (Lipinski definition) is 1. The van der Waals surface area contributed by atoms with E-state index in [4.69, 9.17) is 15.1 Å². The Kier molecular flexibility index (Phi) is 2.80. The summed E-state index contributed by atoms with van der Waals surface area (Å²) in [7, 11) is 0. The molecule has 1 aliphatic rings. The highest BCUT2D eigenvalue weighted by molar-refractivity contribution is 6.04. The van der Waals surface area contributed by atoms with Crippen molar-refractivity contribution in [3.63, 3.8) is 0 Å². The third-order valence-corrected chi connectivity index (χ3v) is 2.46. The summed E-state index contributed by atoms with van der Waals surface area (Å²) in [6.45, 7) is 2.94. The molecule has 1 atom stereocenters. The van der Waals surface area contributed by atoms with Gasteiger partial charge in [0, 0.05) is 18.4 Å². The maximum absolute atomic E-state index is 11.2. The monoisotopic (exact) mass is 209 g/mol. The van der Waals surface area contributed by atoms with Crippen molar-refractivity contribution in [1.29, 1.82) is 5.26 Å². The lowest BCUT2D eigenvalue weighted by Gasteiger charge is -2.23. The molecule has 0 radical (unpaired) electrons. The molecule has 1 N–H and O–H groups in total. The van der Waals surface area contributed by atoms with Gasteiger partial charge >= 0.3 is 11.9 Å². The molecule has 0 saturated carbocycles. The second-order valence-corrected chi connectivity index (χ2v) is 3.58. The van der Waals surface area contributed by atoms with Crippen molar-refractivity contribution in [3.8, 4) is 6.07 Å². The van der Waals surface area contributed by atoms with Gasteiger partial charge in [-0.1, -0.05) is 0 Å². The minimum Gasteiger partial charge on any atom is -0.478 e. The Labute approximate surface area is 87.0 Å². The van der Waals surface area contributed by atoms with E-state index < -0.39 is 17.5 Å². The Morgan fingerprint density at radius 3 is 2.73 bits per heavy atom. The zero-order chi connectivity index (χ0) is 11.6. The minimum absolute atomic E-state index is 0.0391. The number of carbonyl (C=O) groups excluding carboxylic acids is 1. The van der Waals surface area contributed by atoms with Gasteiger partial charge in [-0.25, -0.2) is 9.59 Å². The lowest BCUT2D eigenvalue weighted by Crippen LogP contribution is -2.31. The molecule has 5 heteroatoms. The van der Waals surface area contributed by atoms with Crippen LogP contribution in [-0.4, -0.2) is 22.6 Å². The number of cyclic esters (lactones) is 1. The van der Waals surface area contributed by atoms with E-state index in [0.717, 1.165) is 0 Å². The van der Waals surface area contributed by atoms with E-state index in [2.05, 4.69) is 0 Å². The molecule has 0 spiro atoms. The lowest BCUT2D eigenvalue weighted by molar-refractivity contribution is -0.147. The van der Waals surface area contributed by atoms with E-state index in [0.29, 0.717) is 0 Å². The highest BCUT2D eigenvalue weighted by Crippen LogP contribution is 2.36. The predicted molar refractivity (Wildman–Crippen MR) is 49.7 cm³/mol. The van der Waals surface area contributed by atoms with Crippen LogP contribution < -0.4 is 0 Å². The summed E-state index contributed by atoms with van der Waals surface area (Å²) in [4.78, 5) is 22.2. The number of esters is 1. The molecule has 0 bridgehead atoms. The number of carboxylic acid groups (broad SMARTS) is 1. The van der Waals surface area contributed by atoms with Crippen LogP contribution in [0.25, 0.3) is 0 Å². The molecule has 0 aromatic carbocycles. The van der Waals surface area contributed by atoms with Crippen LogP contribution in [0.15, 0.2) is 11.1 Å². The summed E-state index contributed by atoms with van der Waals surface area (Å²) >= 11 is 0. The van der Waals surface area contributed by atoms with Gasteiger partial charge < -0.3 is 9.84 Å². The van der Waals surface area contributed by atoms with Crippen LogP contribution in [0.3, 0.4) is 0 Å². The van der Waals surface area contributed by atoms with Crippen LogP contribution in [0, 0.1) is 11.3 Å². The van der Waals surface area contributed by atoms with Crippen LogP contribution >= 0.6 is 0 Å². The summed E-state index contributed by atoms with van der Waals surface area (Å²) in [5.74, 6) is -1.79. The fraction of sp³-hybridized carbons (Fsp3) is 0.500. The highest BCUT2D eigenvalue weighted by Gasteiger charge is 2.45. The topological polar surface area (TPSA) is 87.4 Å². The SMILES string of the molecule is CC1=C(C(=O)O)C(C)(CCC#N)OC1=O. The molecule has 15 heavy (non-hydrogen) atoms. The van der Waals surface area contributed by atoms with Gasteiger partial charge in [0.1, 0.15) is 5.60 Å². The predicted octanol–water partition coefficient (Wildman–Crippen LogP) is 1.01. The highest BCUT2D eigenvalue weighted by atomic mass is 16.6. The number of rotatable bonds is 3. The molecule has 0 fully saturated rings. The second kappa shape index (κ2) is 3.73. The molecule has 1 heterocycles. The van der Waals surface area contributed by atoms with Crippen LogP contribution in [-0.2, 0) is 14.3 Å². The first-order valence-corrected chi connectivity index (χ1v) is 4.47. The Bertz CT molecular complexity index is 391. The molecule has 1 rings (SSSR count). The molecule has 5 nitrogen and oxygen atoms in total. The number of nitrogens with zero attached hydrogens (tertiary/aromatic N) is 1. The summed E-state index contributed by atoms with van der Waals surface area (Å²) < 4.78 is 4.99. The van der Waals surface area contributed by atoms with E-state index >= 15 is 0 Å². The van der Waals surface area contributed by atoms with Crippen LogP contribution in [0.1, 0.15) is 26.7 Å². The summed E-state index contributed by atoms with van der Waals surface area (Å²) in [6, 6.07) is 1.90. The summed E-state index contributed by atoms with van der Waals surface area (Å²) in [5.41, 5.74) is -1.09. The lowest BCUT2D eigenvalue weighted by atomic mass is 9.90. The van der Waals surface area contributed by atoms with E-state index in [1.165, 1.54) is 13.8 Å². The first-order valence-electron chi connectivity index (χ1n) is 4.47. The van der Waals surface area contributed by atoms with Crippen LogP contribution in [0.5, 0.6) is 0 Å². The molecular formula is C10H11NO4. The molecule has 0 amide bonds. The zero-order valence-electron chi connectivity index (χ0n) is 8.53. The quantitative estimate of drug-likeness (QED) is 0.701. The van der Waals surface area contributed by atoms with Gasteiger partial charge in [-0.2, -0.15) is 5.26 Å². The van der Waals surface area contributed by atoms with Crippen molar-refractivity contribution in [2.24, 2.45) is 0 Å². The smallest absolute Gasteiger partial charge is 0.336 e. The second-order valence-electron chi connectivity index (χ2n) is 3.58. The molecule has 1 unspecified atom stereocenters. The zero-order valence-corrected chi connectivity index (χ0v) is 8.53. The molecular weight excluding hydrogens is 198 g/mol. The number of hydrogen-bond acceptors (Lipinski definition) is 4. The molecule has 0 saturated heterocycles. The van der Waals surface area contributed by atoms with Crippen molar-refractivity contribution < 1.29 is 19.4 Å². The number of nitriles is 1. The molecule has 0 aromatic rings. The number of carbonyl (C=O) groups is 2. The average molecular weight is 209 g/mol. The third-order valence-electron chi connectivity index (χ3n) is 2.46. The van der Waals surface area contributed by atoms with Gasteiger partial charge in [0.2, 0.25) is 0 Å². The average Bonchev–Trinajstić information content (AvgIpc) is 2.35. The Morgan fingerprint density at radius 1 is 1.67 bits per heavy atom. The number of ether oxygens (including phenoxy) is 1. The van der Waals surface area contributed by atoms with Crippen molar-refractivity contribution >= 4 is 11.9 Å². The fourth-order valence-corrected chi connectivity index (χ4v) is 1.69. The first kappa shape index (κ1) is 11.2. The van der Waals surface area contributed by atoms with E-state index in [1.807, 2.05) is 6.07 Å². The van der Waals surface area contributed by atoms with Gasteiger partial charge in [-0.15, -0.1) is 0 Å². The largest absolute Gasteiger partial charge is 0.478 e. The molecule has 1 aliphatic heterocycles. The van der Waals surface area contributed by atoms with Crippen molar-refractivity contribution in [2.75, 3.05) is 0 Å². The summed E-state index contributed by atoms with van der Waals surface area (Å²) in [6.07, 6.45) is 0.349. The van der Waals surface area contributed by atoms with E-state index in [9.17, 15) is 9.59 Å². The Morgan fingerprint density at radius 2 is 2.27 bits per heavy atom. The Balaban J connectivity index is 3.08. The van der Waals surface area contributed by atoms with Crippen molar-refractivity contribution in [1.82, 2.24) is 0 Å². The van der Waals surface area contributed by atoms with Gasteiger partial charge in [0.05, 0.1) is 11.6 Å². The van der Waals surface area contributed by atoms with Crippen LogP contribution in [0.4, 0.5) is 0 Å². The molecule has 0 aliphatic carbocycles. The fourth-order valence-electron chi connectivity index (χ4n) is 1.69. The van der Waals surface area contributed by atoms with Crippen LogP contribution in [0.2, 0.25) is 0 Å². The molecule has 80 valence electrons. The van der Waals surface area contributed by atoms with Crippen molar-refractivity contribution in [3.05, 3.63) is 11.1 Å². The van der Waals surface area contributed by atoms with Gasteiger partial charge in [0.25, 0.3) is 0 Å². The van der Waals surface area contributed by atoms with E-state index in [-0.39, 0.29) is 24.0 Å². The normalized spacial score (nSPS) is 25.0. The van der Waals surface area contributed by atoms with E-state index in [1.54, 1.807) is 0 Å². The minimum atomic E-state index is -1.17. The van der Waals surface area contributed by atoms with Crippen molar-refractivity contribution in [2.45, 2.75) is 32.3 Å². The van der Waals surface area contributed by atoms with Gasteiger partial charge in [-0.3, -0.25) is 0 Å². The number of aliphatic carboxylic acids is 1. The van der Waals surface area contributed by atoms with Gasteiger partial charge in [-0.05, 0) is 13.8 Å².